The first-order valence-corrected chi connectivity index (χ1v) is 7.17. The van der Waals surface area contributed by atoms with Gasteiger partial charge >= 0.3 is 0 Å². The summed E-state index contributed by atoms with van der Waals surface area (Å²) >= 11 is 0. The molecule has 0 saturated heterocycles. The Hall–Kier alpha value is -1.35. The van der Waals surface area contributed by atoms with Crippen LogP contribution >= 0.6 is 0 Å². The van der Waals surface area contributed by atoms with Crippen molar-refractivity contribution in [3.05, 3.63) is 35.4 Å². The van der Waals surface area contributed by atoms with E-state index in [9.17, 15) is 9.90 Å². The number of benzene rings is 1. The van der Waals surface area contributed by atoms with Gasteiger partial charge in [0.2, 0.25) is 5.91 Å². The van der Waals surface area contributed by atoms with Crippen LogP contribution in [0.1, 0.15) is 50.3 Å². The van der Waals surface area contributed by atoms with Gasteiger partial charge in [-0.25, -0.2) is 0 Å². The monoisotopic (exact) mass is 261 g/mol. The highest BCUT2D eigenvalue weighted by molar-refractivity contribution is 5.77. The first-order chi connectivity index (χ1) is 9.11. The van der Waals surface area contributed by atoms with E-state index in [1.807, 2.05) is 24.3 Å². The van der Waals surface area contributed by atoms with Crippen LogP contribution in [0.15, 0.2) is 24.3 Å². The van der Waals surface area contributed by atoms with E-state index < -0.39 is 6.10 Å². The molecule has 0 spiro atoms. The molecule has 3 atom stereocenters. The Bertz CT molecular complexity index is 444. The molecule has 2 rings (SSSR count). The van der Waals surface area contributed by atoms with Crippen LogP contribution in [0.2, 0.25) is 0 Å². The van der Waals surface area contributed by atoms with Gasteiger partial charge in [-0.15, -0.1) is 0 Å². The molecule has 0 saturated carbocycles. The summed E-state index contributed by atoms with van der Waals surface area (Å²) in [6.07, 6.45) is 2.84. The maximum Gasteiger partial charge on any atom is 0.220 e. The minimum Gasteiger partial charge on any atom is -0.390 e. The summed E-state index contributed by atoms with van der Waals surface area (Å²) in [6.45, 7) is 4.23. The van der Waals surface area contributed by atoms with Gasteiger partial charge in [0.25, 0.3) is 0 Å². The van der Waals surface area contributed by atoms with Crippen LogP contribution in [-0.4, -0.2) is 17.1 Å². The summed E-state index contributed by atoms with van der Waals surface area (Å²) in [7, 11) is 0. The fourth-order valence-corrected chi connectivity index (χ4v) is 2.89. The minimum atomic E-state index is -0.497. The molecule has 0 aromatic heterocycles. The van der Waals surface area contributed by atoms with Crippen LogP contribution in [0.3, 0.4) is 0 Å². The summed E-state index contributed by atoms with van der Waals surface area (Å²) in [5.41, 5.74) is 2.20. The molecule has 1 amide bonds. The summed E-state index contributed by atoms with van der Waals surface area (Å²) in [5.74, 6) is 0.445. The van der Waals surface area contributed by atoms with Crippen LogP contribution in [0.5, 0.6) is 0 Å². The van der Waals surface area contributed by atoms with Crippen LogP contribution in [0.25, 0.3) is 0 Å². The maximum absolute atomic E-state index is 12.0. The molecular formula is C16H23NO2. The minimum absolute atomic E-state index is 0.0432. The lowest BCUT2D eigenvalue weighted by Crippen LogP contribution is -2.34. The molecule has 1 aromatic carbocycles. The lowest BCUT2D eigenvalue weighted by atomic mass is 10.0. The van der Waals surface area contributed by atoms with Crippen molar-refractivity contribution in [2.45, 2.75) is 51.7 Å². The van der Waals surface area contributed by atoms with Gasteiger partial charge in [0.05, 0.1) is 12.1 Å². The molecule has 1 aliphatic rings. The van der Waals surface area contributed by atoms with E-state index in [4.69, 9.17) is 0 Å². The van der Waals surface area contributed by atoms with Gasteiger partial charge in [0, 0.05) is 12.8 Å². The van der Waals surface area contributed by atoms with Crippen molar-refractivity contribution in [1.29, 1.82) is 0 Å². The Morgan fingerprint density at radius 3 is 2.95 bits per heavy atom. The molecule has 3 heteroatoms. The Labute approximate surface area is 115 Å². The first-order valence-electron chi connectivity index (χ1n) is 7.17. The SMILES string of the molecule is CCCC(C)CC(=O)NC1c2ccccc2CC1O. The molecule has 0 radical (unpaired) electrons. The molecule has 3 nitrogen and oxygen atoms in total. The zero-order chi connectivity index (χ0) is 13.8. The summed E-state index contributed by atoms with van der Waals surface area (Å²) in [4.78, 5) is 12.0. The molecule has 3 unspecified atom stereocenters. The molecule has 2 N–H and O–H groups in total. The van der Waals surface area contributed by atoms with Gasteiger partial charge in [-0.3, -0.25) is 4.79 Å². The molecule has 0 heterocycles. The standard InChI is InChI=1S/C16H23NO2/c1-3-6-11(2)9-15(19)17-16-13-8-5-4-7-12(13)10-14(16)18/h4-5,7-8,11,14,16,18H,3,6,9-10H2,1-2H3,(H,17,19). The summed E-state index contributed by atoms with van der Waals surface area (Å²) < 4.78 is 0. The highest BCUT2D eigenvalue weighted by atomic mass is 16.3. The van der Waals surface area contributed by atoms with Crippen molar-refractivity contribution >= 4 is 5.91 Å². The molecule has 19 heavy (non-hydrogen) atoms. The first kappa shape index (κ1) is 14.1. The largest absolute Gasteiger partial charge is 0.390 e. The second-order valence-electron chi connectivity index (χ2n) is 5.61. The van der Waals surface area contributed by atoms with Crippen molar-refractivity contribution in [2.24, 2.45) is 5.92 Å². The Kier molecular flexibility index (Phi) is 4.59. The number of nitrogens with one attached hydrogen (secondary N) is 1. The number of aliphatic hydroxyl groups excluding tert-OH is 1. The predicted octanol–water partition coefficient (Wildman–Crippen LogP) is 2.59. The van der Waals surface area contributed by atoms with Crippen LogP contribution in [0.4, 0.5) is 0 Å². The highest BCUT2D eigenvalue weighted by Crippen LogP contribution is 2.31. The van der Waals surface area contributed by atoms with Gasteiger partial charge in [-0.1, -0.05) is 51.0 Å². The zero-order valence-electron chi connectivity index (χ0n) is 11.7. The normalized spacial score (nSPS) is 22.9. The van der Waals surface area contributed by atoms with Crippen LogP contribution in [-0.2, 0) is 11.2 Å². The van der Waals surface area contributed by atoms with Crippen molar-refractivity contribution < 1.29 is 9.90 Å². The Balaban J connectivity index is 1.97. The number of carbonyl (C=O) groups is 1. The molecule has 0 bridgehead atoms. The number of aliphatic hydroxyl groups is 1. The average Bonchev–Trinajstić information content (AvgIpc) is 2.66. The van der Waals surface area contributed by atoms with E-state index in [1.54, 1.807) is 0 Å². The molecular weight excluding hydrogens is 238 g/mol. The lowest BCUT2D eigenvalue weighted by Gasteiger charge is -2.19. The van der Waals surface area contributed by atoms with Gasteiger partial charge in [-0.2, -0.15) is 0 Å². The second kappa shape index (κ2) is 6.20. The molecule has 0 aliphatic heterocycles. The number of hydrogen-bond acceptors (Lipinski definition) is 2. The van der Waals surface area contributed by atoms with Crippen molar-refractivity contribution in [2.75, 3.05) is 0 Å². The topological polar surface area (TPSA) is 49.3 Å². The average molecular weight is 261 g/mol. The molecule has 104 valence electrons. The Morgan fingerprint density at radius 2 is 2.21 bits per heavy atom. The van der Waals surface area contributed by atoms with E-state index in [0.717, 1.165) is 24.0 Å². The third-order valence-corrected chi connectivity index (χ3v) is 3.84. The molecule has 1 aromatic rings. The van der Waals surface area contributed by atoms with Crippen molar-refractivity contribution in [1.82, 2.24) is 5.32 Å². The van der Waals surface area contributed by atoms with Crippen molar-refractivity contribution in [3.8, 4) is 0 Å². The lowest BCUT2D eigenvalue weighted by molar-refractivity contribution is -0.123. The van der Waals surface area contributed by atoms with Crippen molar-refractivity contribution in [3.63, 3.8) is 0 Å². The van der Waals surface area contributed by atoms with Crippen LogP contribution in [0, 0.1) is 5.92 Å². The molecule has 0 fully saturated rings. The maximum atomic E-state index is 12.0. The second-order valence-corrected chi connectivity index (χ2v) is 5.61. The zero-order valence-corrected chi connectivity index (χ0v) is 11.7. The summed E-state index contributed by atoms with van der Waals surface area (Å²) in [6, 6.07) is 7.70. The number of carbonyl (C=O) groups excluding carboxylic acids is 1. The fraction of sp³-hybridized carbons (Fsp3) is 0.562. The van der Waals surface area contributed by atoms with Gasteiger partial charge in [-0.05, 0) is 17.0 Å². The van der Waals surface area contributed by atoms with E-state index >= 15 is 0 Å². The smallest absolute Gasteiger partial charge is 0.220 e. The van der Waals surface area contributed by atoms with Gasteiger partial charge < -0.3 is 10.4 Å². The van der Waals surface area contributed by atoms with E-state index in [2.05, 4.69) is 19.2 Å². The van der Waals surface area contributed by atoms with E-state index in [0.29, 0.717) is 18.8 Å². The van der Waals surface area contributed by atoms with E-state index in [1.165, 1.54) is 0 Å². The van der Waals surface area contributed by atoms with Gasteiger partial charge in [0.15, 0.2) is 0 Å². The van der Waals surface area contributed by atoms with Gasteiger partial charge in [0.1, 0.15) is 0 Å². The van der Waals surface area contributed by atoms with E-state index in [-0.39, 0.29) is 11.9 Å². The highest BCUT2D eigenvalue weighted by Gasteiger charge is 2.31. The molecule has 1 aliphatic carbocycles. The number of rotatable bonds is 5. The van der Waals surface area contributed by atoms with Crippen LogP contribution < -0.4 is 5.32 Å². The Morgan fingerprint density at radius 1 is 1.47 bits per heavy atom. The predicted molar refractivity (Wildman–Crippen MR) is 75.7 cm³/mol. The quantitative estimate of drug-likeness (QED) is 0.856. The third kappa shape index (κ3) is 3.35. The third-order valence-electron chi connectivity index (χ3n) is 3.84. The fourth-order valence-electron chi connectivity index (χ4n) is 2.89. The number of hydrogen-bond donors (Lipinski definition) is 2. The number of amides is 1. The number of fused-ring (bicyclic) bond motifs is 1. The summed E-state index contributed by atoms with van der Waals surface area (Å²) in [5, 5.41) is 13.1.